The third kappa shape index (κ3) is 1.93. The van der Waals surface area contributed by atoms with Crippen LogP contribution in [0.15, 0.2) is 24.3 Å². The fourth-order valence-corrected chi connectivity index (χ4v) is 13.3. The Kier molecular flexibility index (Phi) is 3.70. The van der Waals surface area contributed by atoms with E-state index in [4.69, 9.17) is 4.98 Å². The molecule has 0 aliphatic heterocycles. The van der Waals surface area contributed by atoms with Gasteiger partial charge in [0.1, 0.15) is 0 Å². The Morgan fingerprint density at radius 1 is 1.06 bits per heavy atom. The van der Waals surface area contributed by atoms with Crippen LogP contribution in [0, 0.1) is 0 Å². The fourth-order valence-electron chi connectivity index (χ4n) is 2.30. The average Bonchev–Trinajstić information content (AvgIpc) is 2.76. The normalized spacial score (nSPS) is 12.2. The number of nitrogens with zero attached hydrogens (tertiary/aromatic N) is 1. The number of hydrogen-bond donors (Lipinski definition) is 0. The topological polar surface area (TPSA) is 12.9 Å². The van der Waals surface area contributed by atoms with E-state index in [1.807, 2.05) is 11.3 Å². The molecule has 2 rings (SSSR count). The Hall–Kier alpha value is -0.347. The molecule has 0 atom stereocenters. The van der Waals surface area contributed by atoms with Gasteiger partial charge in [0, 0.05) is 0 Å². The predicted octanol–water partition coefficient (Wildman–Crippen LogP) is 4.01. The van der Waals surface area contributed by atoms with E-state index in [-0.39, 0.29) is 0 Å². The zero-order chi connectivity index (χ0) is 11.6. The molecule has 0 aliphatic carbocycles. The monoisotopic (exact) mass is 295 g/mol. The Labute approximate surface area is 104 Å². The molecule has 0 aliphatic rings. The molecular formula is C13H19GeNS. The Balaban J connectivity index is 2.53. The van der Waals surface area contributed by atoms with Crippen molar-refractivity contribution in [2.75, 3.05) is 0 Å². The standard InChI is InChI=1S/C13H19GeNS/c1-4-14(5-2,6-3)13-15-11-9-7-8-10-12(11)16-13/h7-10H,4-6H2,1-3H3. The summed E-state index contributed by atoms with van der Waals surface area (Å²) in [4.78, 5) is 4.90. The van der Waals surface area contributed by atoms with Crippen LogP contribution in [-0.4, -0.2) is 18.3 Å². The second-order valence-electron chi connectivity index (χ2n) is 4.33. The summed E-state index contributed by atoms with van der Waals surface area (Å²) < 4.78 is 2.87. The minimum absolute atomic E-state index is 1.20. The number of benzene rings is 1. The summed E-state index contributed by atoms with van der Waals surface area (Å²) in [6.45, 7) is 7.08. The van der Waals surface area contributed by atoms with Gasteiger partial charge in [-0.1, -0.05) is 0 Å². The van der Waals surface area contributed by atoms with Gasteiger partial charge < -0.3 is 0 Å². The van der Waals surface area contributed by atoms with Gasteiger partial charge in [0.05, 0.1) is 0 Å². The molecule has 1 aromatic carbocycles. The zero-order valence-corrected chi connectivity index (χ0v) is 13.2. The van der Waals surface area contributed by atoms with E-state index in [2.05, 4.69) is 45.0 Å². The molecule has 0 N–H and O–H groups in total. The summed E-state index contributed by atoms with van der Waals surface area (Å²) >= 11 is 0.133. The molecular weight excluding hydrogens is 275 g/mol. The molecule has 86 valence electrons. The number of thiazole rings is 1. The first kappa shape index (κ1) is 12.1. The van der Waals surface area contributed by atoms with Crippen LogP contribution in [0.25, 0.3) is 10.2 Å². The van der Waals surface area contributed by atoms with Crippen molar-refractivity contribution < 1.29 is 0 Å². The molecule has 2 aromatic rings. The second-order valence-corrected chi connectivity index (χ2v) is 16.9. The zero-order valence-electron chi connectivity index (χ0n) is 10.3. The Morgan fingerprint density at radius 2 is 1.69 bits per heavy atom. The van der Waals surface area contributed by atoms with Gasteiger partial charge in [-0.2, -0.15) is 0 Å². The number of hydrogen-bond acceptors (Lipinski definition) is 2. The van der Waals surface area contributed by atoms with Gasteiger partial charge in [-0.15, -0.1) is 0 Å². The SMILES string of the molecule is C[CH2][Ge]([CH2]C)([CH2]C)[c]1nc2ccccc2s1. The van der Waals surface area contributed by atoms with Crippen molar-refractivity contribution in [2.45, 2.75) is 36.5 Å². The van der Waals surface area contributed by atoms with Gasteiger partial charge in [0.2, 0.25) is 0 Å². The molecule has 0 bridgehead atoms. The van der Waals surface area contributed by atoms with Crippen LogP contribution >= 0.6 is 11.3 Å². The van der Waals surface area contributed by atoms with E-state index in [0.717, 1.165) is 0 Å². The van der Waals surface area contributed by atoms with Crippen LogP contribution in [0.2, 0.25) is 15.8 Å². The summed E-state index contributed by atoms with van der Waals surface area (Å²) in [6.07, 6.45) is 0. The first-order valence-electron chi connectivity index (χ1n) is 6.11. The van der Waals surface area contributed by atoms with Gasteiger partial charge >= 0.3 is 104 Å². The summed E-state index contributed by atoms with van der Waals surface area (Å²) in [5, 5.41) is 4.10. The summed E-state index contributed by atoms with van der Waals surface area (Å²) in [5.41, 5.74) is 1.20. The summed E-state index contributed by atoms with van der Waals surface area (Å²) in [7, 11) is 0. The number of rotatable bonds is 4. The number of para-hydroxylation sites is 1. The summed E-state index contributed by atoms with van der Waals surface area (Å²) in [6, 6.07) is 8.54. The molecule has 3 heteroatoms. The van der Waals surface area contributed by atoms with Crippen LogP contribution in [0.3, 0.4) is 0 Å². The van der Waals surface area contributed by atoms with E-state index < -0.39 is 13.3 Å². The molecule has 0 fully saturated rings. The molecule has 0 radical (unpaired) electrons. The third-order valence-electron chi connectivity index (χ3n) is 3.78. The first-order valence-corrected chi connectivity index (χ1v) is 12.4. The molecule has 0 spiro atoms. The van der Waals surface area contributed by atoms with E-state index in [1.54, 1.807) is 0 Å². The molecule has 0 unspecified atom stereocenters. The van der Waals surface area contributed by atoms with Gasteiger partial charge in [-0.05, 0) is 0 Å². The van der Waals surface area contributed by atoms with E-state index >= 15 is 0 Å². The van der Waals surface area contributed by atoms with Gasteiger partial charge in [0.25, 0.3) is 0 Å². The summed E-state index contributed by atoms with van der Waals surface area (Å²) in [5.74, 6) is 0. The number of aromatic nitrogens is 1. The van der Waals surface area contributed by atoms with Crippen molar-refractivity contribution in [3.05, 3.63) is 24.3 Å². The molecule has 0 saturated heterocycles. The van der Waals surface area contributed by atoms with Crippen molar-refractivity contribution in [1.29, 1.82) is 0 Å². The molecule has 0 amide bonds. The molecule has 0 saturated carbocycles. The van der Waals surface area contributed by atoms with Crippen molar-refractivity contribution in [3.8, 4) is 0 Å². The maximum absolute atomic E-state index is 4.90. The van der Waals surface area contributed by atoms with Crippen LogP contribution in [0.4, 0.5) is 0 Å². The fraction of sp³-hybridized carbons (Fsp3) is 0.462. The van der Waals surface area contributed by atoms with Gasteiger partial charge in [0.15, 0.2) is 0 Å². The van der Waals surface area contributed by atoms with E-state index in [1.165, 1.54) is 29.8 Å². The van der Waals surface area contributed by atoms with Crippen LogP contribution < -0.4 is 3.84 Å². The molecule has 1 aromatic heterocycles. The number of fused-ring (bicyclic) bond motifs is 1. The molecule has 1 heterocycles. The van der Waals surface area contributed by atoms with E-state index in [0.29, 0.717) is 0 Å². The van der Waals surface area contributed by atoms with Crippen LogP contribution in [0.1, 0.15) is 20.8 Å². The van der Waals surface area contributed by atoms with Crippen molar-refractivity contribution in [3.63, 3.8) is 0 Å². The minimum atomic E-state index is -1.82. The first-order chi connectivity index (χ1) is 7.75. The maximum atomic E-state index is 4.90. The third-order valence-corrected chi connectivity index (χ3v) is 18.2. The van der Waals surface area contributed by atoms with E-state index in [9.17, 15) is 0 Å². The quantitative estimate of drug-likeness (QED) is 0.776. The molecule has 16 heavy (non-hydrogen) atoms. The Morgan fingerprint density at radius 3 is 2.25 bits per heavy atom. The predicted molar refractivity (Wildman–Crippen MR) is 76.5 cm³/mol. The average molecular weight is 294 g/mol. The van der Waals surface area contributed by atoms with Crippen LogP contribution in [0.5, 0.6) is 0 Å². The Bertz CT molecular complexity index is 432. The van der Waals surface area contributed by atoms with Gasteiger partial charge in [-0.3, -0.25) is 0 Å². The molecule has 1 nitrogen and oxygen atoms in total. The van der Waals surface area contributed by atoms with Crippen molar-refractivity contribution in [2.24, 2.45) is 0 Å². The second kappa shape index (κ2) is 4.88. The van der Waals surface area contributed by atoms with Crippen molar-refractivity contribution in [1.82, 2.24) is 4.98 Å². The van der Waals surface area contributed by atoms with Crippen LogP contribution in [-0.2, 0) is 0 Å². The van der Waals surface area contributed by atoms with Crippen molar-refractivity contribution >= 4 is 38.7 Å². The van der Waals surface area contributed by atoms with Gasteiger partial charge in [-0.25, -0.2) is 0 Å².